The van der Waals surface area contributed by atoms with E-state index in [1.165, 1.54) is 24.8 Å². The summed E-state index contributed by atoms with van der Waals surface area (Å²) in [5, 5.41) is 7.91. The van der Waals surface area contributed by atoms with Gasteiger partial charge in [-0.2, -0.15) is 5.10 Å². The van der Waals surface area contributed by atoms with Crippen LogP contribution in [0.15, 0.2) is 42.7 Å². The van der Waals surface area contributed by atoms with E-state index in [0.717, 1.165) is 18.8 Å². The van der Waals surface area contributed by atoms with Crippen molar-refractivity contribution >= 4 is 0 Å². The van der Waals surface area contributed by atoms with Crippen molar-refractivity contribution in [3.05, 3.63) is 48.3 Å². The molecule has 1 aromatic heterocycles. The Balaban J connectivity index is 1.51. The predicted octanol–water partition coefficient (Wildman–Crippen LogP) is 2.60. The lowest BCUT2D eigenvalue weighted by Crippen LogP contribution is -2.37. The lowest BCUT2D eigenvalue weighted by molar-refractivity contribution is 0.304. The smallest absolute Gasteiger partial charge is 0.157 e. The molecule has 1 aliphatic rings. The number of nitrogens with zero attached hydrogens (tertiary/aromatic N) is 2. The van der Waals surface area contributed by atoms with Gasteiger partial charge in [-0.3, -0.25) is 4.68 Å². The van der Waals surface area contributed by atoms with Gasteiger partial charge in [0.2, 0.25) is 0 Å². The summed E-state index contributed by atoms with van der Waals surface area (Å²) >= 11 is 0. The van der Waals surface area contributed by atoms with E-state index in [1.807, 2.05) is 29.1 Å². The first-order valence-electron chi connectivity index (χ1n) is 7.33. The number of hydrogen-bond donors (Lipinski definition) is 1. The van der Waals surface area contributed by atoms with Crippen molar-refractivity contribution < 1.29 is 4.74 Å². The number of piperidine rings is 1. The number of aromatic nitrogens is 2. The molecule has 106 valence electrons. The largest absolute Gasteiger partial charge is 0.486 e. The van der Waals surface area contributed by atoms with E-state index < -0.39 is 0 Å². The van der Waals surface area contributed by atoms with Crippen LogP contribution in [0.25, 0.3) is 0 Å². The number of benzene rings is 1. The lowest BCUT2D eigenvalue weighted by Gasteiger charge is -2.23. The molecule has 1 saturated heterocycles. The van der Waals surface area contributed by atoms with Gasteiger partial charge >= 0.3 is 0 Å². The molecule has 1 unspecified atom stereocenters. The summed E-state index contributed by atoms with van der Waals surface area (Å²) in [6, 6.07) is 10.7. The summed E-state index contributed by atoms with van der Waals surface area (Å²) < 4.78 is 7.73. The van der Waals surface area contributed by atoms with Crippen molar-refractivity contribution in [1.29, 1.82) is 0 Å². The monoisotopic (exact) mass is 271 g/mol. The van der Waals surface area contributed by atoms with Gasteiger partial charge in [0.15, 0.2) is 5.75 Å². The average Bonchev–Trinajstić information content (AvgIpc) is 2.95. The highest BCUT2D eigenvalue weighted by Crippen LogP contribution is 2.14. The first-order valence-corrected chi connectivity index (χ1v) is 7.33. The molecule has 0 spiro atoms. The van der Waals surface area contributed by atoms with E-state index >= 15 is 0 Å². The van der Waals surface area contributed by atoms with Crippen LogP contribution in [-0.4, -0.2) is 22.4 Å². The van der Waals surface area contributed by atoms with E-state index in [2.05, 4.69) is 22.5 Å². The first kappa shape index (κ1) is 13.2. The summed E-state index contributed by atoms with van der Waals surface area (Å²) in [4.78, 5) is 0. The van der Waals surface area contributed by atoms with E-state index in [1.54, 1.807) is 6.20 Å². The first-order chi connectivity index (χ1) is 9.90. The van der Waals surface area contributed by atoms with Crippen molar-refractivity contribution in [2.75, 3.05) is 6.54 Å². The molecule has 0 radical (unpaired) electrons. The number of hydrogen-bond acceptors (Lipinski definition) is 3. The Morgan fingerprint density at radius 1 is 1.25 bits per heavy atom. The molecule has 1 N–H and O–H groups in total. The molecule has 3 rings (SSSR count). The maximum atomic E-state index is 5.76. The third-order valence-electron chi connectivity index (χ3n) is 3.68. The van der Waals surface area contributed by atoms with Crippen molar-refractivity contribution in [2.45, 2.75) is 38.5 Å². The molecule has 4 heteroatoms. The fourth-order valence-corrected chi connectivity index (χ4v) is 2.57. The molecule has 1 aliphatic heterocycles. The molecule has 1 fully saturated rings. The second-order valence-electron chi connectivity index (χ2n) is 5.32. The van der Waals surface area contributed by atoms with Crippen molar-refractivity contribution in [3.63, 3.8) is 0 Å². The van der Waals surface area contributed by atoms with Crippen LogP contribution in [0, 0.1) is 0 Å². The van der Waals surface area contributed by atoms with Gasteiger partial charge in [-0.15, -0.1) is 0 Å². The standard InChI is InChI=1S/C16H21N3O/c1-2-6-14(7-3-1)13-20-16-10-18-19(12-16)11-15-8-4-5-9-17-15/h1-3,6-7,10,12,15,17H,4-5,8-9,11,13H2. The molecule has 4 nitrogen and oxygen atoms in total. The van der Waals surface area contributed by atoms with Crippen LogP contribution >= 0.6 is 0 Å². The van der Waals surface area contributed by atoms with E-state index in [0.29, 0.717) is 12.6 Å². The van der Waals surface area contributed by atoms with Crippen LogP contribution in [-0.2, 0) is 13.2 Å². The zero-order valence-electron chi connectivity index (χ0n) is 11.7. The Hall–Kier alpha value is -1.81. The Morgan fingerprint density at radius 3 is 2.95 bits per heavy atom. The Morgan fingerprint density at radius 2 is 2.15 bits per heavy atom. The fraction of sp³-hybridized carbons (Fsp3) is 0.438. The Kier molecular flexibility index (Phi) is 4.33. The topological polar surface area (TPSA) is 39.1 Å². The van der Waals surface area contributed by atoms with E-state index in [-0.39, 0.29) is 0 Å². The third kappa shape index (κ3) is 3.61. The second kappa shape index (κ2) is 6.57. The molecule has 0 amide bonds. The van der Waals surface area contributed by atoms with Gasteiger partial charge in [0.25, 0.3) is 0 Å². The predicted molar refractivity (Wildman–Crippen MR) is 78.6 cm³/mol. The minimum atomic E-state index is 0.547. The summed E-state index contributed by atoms with van der Waals surface area (Å²) in [7, 11) is 0. The van der Waals surface area contributed by atoms with Crippen molar-refractivity contribution in [1.82, 2.24) is 15.1 Å². The zero-order chi connectivity index (χ0) is 13.6. The molecular formula is C16H21N3O. The molecule has 0 aliphatic carbocycles. The molecule has 0 saturated carbocycles. The Labute approximate surface area is 119 Å². The van der Waals surface area contributed by atoms with Gasteiger partial charge in [-0.05, 0) is 24.9 Å². The third-order valence-corrected chi connectivity index (χ3v) is 3.68. The fourth-order valence-electron chi connectivity index (χ4n) is 2.57. The highest BCUT2D eigenvalue weighted by Gasteiger charge is 2.13. The van der Waals surface area contributed by atoms with Gasteiger partial charge in [0.05, 0.1) is 18.9 Å². The van der Waals surface area contributed by atoms with Gasteiger partial charge in [0, 0.05) is 6.04 Å². The number of ether oxygens (including phenoxy) is 1. The lowest BCUT2D eigenvalue weighted by atomic mass is 10.1. The molecule has 1 aromatic carbocycles. The quantitative estimate of drug-likeness (QED) is 0.908. The van der Waals surface area contributed by atoms with Crippen molar-refractivity contribution in [2.24, 2.45) is 0 Å². The molecule has 2 aromatic rings. The van der Waals surface area contributed by atoms with Gasteiger partial charge in [-0.1, -0.05) is 36.8 Å². The average molecular weight is 271 g/mol. The van der Waals surface area contributed by atoms with E-state index in [4.69, 9.17) is 4.74 Å². The van der Waals surface area contributed by atoms with Gasteiger partial charge in [0.1, 0.15) is 6.61 Å². The number of rotatable bonds is 5. The van der Waals surface area contributed by atoms with E-state index in [9.17, 15) is 0 Å². The number of nitrogens with one attached hydrogen (secondary N) is 1. The van der Waals surface area contributed by atoms with Gasteiger partial charge in [-0.25, -0.2) is 0 Å². The van der Waals surface area contributed by atoms with Crippen LogP contribution in [0.1, 0.15) is 24.8 Å². The normalized spacial score (nSPS) is 18.9. The summed E-state index contributed by atoms with van der Waals surface area (Å²) in [6.45, 7) is 2.65. The second-order valence-corrected chi connectivity index (χ2v) is 5.32. The maximum absolute atomic E-state index is 5.76. The highest BCUT2D eigenvalue weighted by molar-refractivity contribution is 5.16. The molecule has 20 heavy (non-hydrogen) atoms. The van der Waals surface area contributed by atoms with Gasteiger partial charge < -0.3 is 10.1 Å². The van der Waals surface area contributed by atoms with Crippen LogP contribution in [0.4, 0.5) is 0 Å². The summed E-state index contributed by atoms with van der Waals surface area (Å²) in [5.41, 5.74) is 1.18. The van der Waals surface area contributed by atoms with Crippen molar-refractivity contribution in [3.8, 4) is 5.75 Å². The van der Waals surface area contributed by atoms with Crippen LogP contribution in [0.3, 0.4) is 0 Å². The van der Waals surface area contributed by atoms with Crippen LogP contribution in [0.5, 0.6) is 5.75 Å². The maximum Gasteiger partial charge on any atom is 0.157 e. The van der Waals surface area contributed by atoms with Crippen LogP contribution < -0.4 is 10.1 Å². The summed E-state index contributed by atoms with van der Waals surface area (Å²) in [5.74, 6) is 0.838. The minimum Gasteiger partial charge on any atom is -0.486 e. The zero-order valence-corrected chi connectivity index (χ0v) is 11.7. The van der Waals surface area contributed by atoms with Crippen LogP contribution in [0.2, 0.25) is 0 Å². The minimum absolute atomic E-state index is 0.547. The molecule has 0 bridgehead atoms. The Bertz CT molecular complexity index is 518. The summed E-state index contributed by atoms with van der Waals surface area (Å²) in [6.07, 6.45) is 7.63. The highest BCUT2D eigenvalue weighted by atomic mass is 16.5. The SMILES string of the molecule is c1ccc(COc2cnn(CC3CCCCN3)c2)cc1. The molecule has 2 heterocycles. The molecule has 1 atom stereocenters. The molecular weight excluding hydrogens is 250 g/mol.